The Morgan fingerprint density at radius 2 is 1.63 bits per heavy atom. The molecule has 0 spiro atoms. The summed E-state index contributed by atoms with van der Waals surface area (Å²) in [6.45, 7) is -0.169. The zero-order chi connectivity index (χ0) is 19.1. The molecular weight excluding hydrogens is 342 g/mol. The Bertz CT molecular complexity index is 921. The van der Waals surface area contributed by atoms with Crippen LogP contribution in [0.4, 0.5) is 5.69 Å². The predicted molar refractivity (Wildman–Crippen MR) is 104 cm³/mol. The standard InChI is InChI=1S/C22H19NO4/c1-26-21-13-16(14-24)7-12-20(21)27-15-22(25)23-19-10-8-18(9-11-19)17-5-3-2-4-6-17/h2-14H,15H2,1H3,(H,23,25). The van der Waals surface area contributed by atoms with Crippen LogP contribution >= 0.6 is 0 Å². The molecule has 0 saturated carbocycles. The normalized spacial score (nSPS) is 10.1. The molecule has 0 saturated heterocycles. The molecule has 27 heavy (non-hydrogen) atoms. The average molecular weight is 361 g/mol. The van der Waals surface area contributed by atoms with E-state index >= 15 is 0 Å². The van der Waals surface area contributed by atoms with Gasteiger partial charge in [0.1, 0.15) is 6.29 Å². The monoisotopic (exact) mass is 361 g/mol. The number of carbonyl (C=O) groups excluding carboxylic acids is 2. The number of amides is 1. The number of ether oxygens (including phenoxy) is 2. The molecule has 0 aromatic heterocycles. The van der Waals surface area contributed by atoms with Crippen molar-refractivity contribution in [3.8, 4) is 22.6 Å². The highest BCUT2D eigenvalue weighted by Gasteiger charge is 2.09. The fourth-order valence-electron chi connectivity index (χ4n) is 2.59. The van der Waals surface area contributed by atoms with Crippen molar-refractivity contribution >= 4 is 17.9 Å². The molecule has 3 aromatic carbocycles. The zero-order valence-corrected chi connectivity index (χ0v) is 14.8. The minimum Gasteiger partial charge on any atom is -0.493 e. The first kappa shape index (κ1) is 18.2. The number of aldehydes is 1. The summed E-state index contributed by atoms with van der Waals surface area (Å²) in [5.41, 5.74) is 3.35. The quantitative estimate of drug-likeness (QED) is 0.641. The van der Waals surface area contributed by atoms with E-state index in [0.29, 0.717) is 22.7 Å². The summed E-state index contributed by atoms with van der Waals surface area (Å²) in [7, 11) is 1.48. The number of nitrogens with one attached hydrogen (secondary N) is 1. The van der Waals surface area contributed by atoms with Crippen molar-refractivity contribution in [1.82, 2.24) is 0 Å². The number of hydrogen-bond donors (Lipinski definition) is 1. The van der Waals surface area contributed by atoms with Crippen molar-refractivity contribution in [3.63, 3.8) is 0 Å². The van der Waals surface area contributed by atoms with E-state index in [1.54, 1.807) is 18.2 Å². The Labute approximate surface area is 157 Å². The second-order valence-electron chi connectivity index (χ2n) is 5.81. The highest BCUT2D eigenvalue weighted by atomic mass is 16.5. The molecule has 1 N–H and O–H groups in total. The minimum atomic E-state index is -0.288. The molecule has 0 radical (unpaired) electrons. The molecule has 136 valence electrons. The van der Waals surface area contributed by atoms with Gasteiger partial charge in [-0.3, -0.25) is 9.59 Å². The smallest absolute Gasteiger partial charge is 0.262 e. The summed E-state index contributed by atoms with van der Waals surface area (Å²) < 4.78 is 10.7. The average Bonchev–Trinajstić information content (AvgIpc) is 2.73. The third-order valence-electron chi connectivity index (χ3n) is 3.96. The molecule has 5 nitrogen and oxygen atoms in total. The van der Waals surface area contributed by atoms with Crippen molar-refractivity contribution in [2.45, 2.75) is 0 Å². The van der Waals surface area contributed by atoms with Crippen LogP contribution in [0.1, 0.15) is 10.4 Å². The Balaban J connectivity index is 1.59. The third kappa shape index (κ3) is 4.73. The maximum atomic E-state index is 12.1. The molecule has 0 bridgehead atoms. The maximum Gasteiger partial charge on any atom is 0.262 e. The summed E-state index contributed by atoms with van der Waals surface area (Å²) in [4.78, 5) is 22.9. The van der Waals surface area contributed by atoms with Gasteiger partial charge in [0.05, 0.1) is 7.11 Å². The summed E-state index contributed by atoms with van der Waals surface area (Å²) in [5.74, 6) is 0.515. The summed E-state index contributed by atoms with van der Waals surface area (Å²) in [6, 6.07) is 22.4. The van der Waals surface area contributed by atoms with Crippen LogP contribution < -0.4 is 14.8 Å². The molecule has 0 aliphatic carbocycles. The Morgan fingerprint density at radius 3 is 2.30 bits per heavy atom. The highest BCUT2D eigenvalue weighted by Crippen LogP contribution is 2.27. The molecule has 5 heteroatoms. The molecule has 0 fully saturated rings. The van der Waals surface area contributed by atoms with Crippen molar-refractivity contribution in [3.05, 3.63) is 78.4 Å². The number of methoxy groups -OCH3 is 1. The van der Waals surface area contributed by atoms with Crippen molar-refractivity contribution < 1.29 is 19.1 Å². The lowest BCUT2D eigenvalue weighted by Crippen LogP contribution is -2.20. The van der Waals surface area contributed by atoms with Gasteiger partial charge in [-0.05, 0) is 41.5 Å². The lowest BCUT2D eigenvalue weighted by molar-refractivity contribution is -0.118. The Hall–Kier alpha value is -3.60. The van der Waals surface area contributed by atoms with Crippen molar-refractivity contribution in [2.75, 3.05) is 19.0 Å². The van der Waals surface area contributed by atoms with Crippen LogP contribution in [0.25, 0.3) is 11.1 Å². The van der Waals surface area contributed by atoms with Gasteiger partial charge in [0.15, 0.2) is 18.1 Å². The first-order valence-corrected chi connectivity index (χ1v) is 8.41. The SMILES string of the molecule is COc1cc(C=O)ccc1OCC(=O)Nc1ccc(-c2ccccc2)cc1. The van der Waals surface area contributed by atoms with Crippen LogP contribution in [-0.4, -0.2) is 25.9 Å². The lowest BCUT2D eigenvalue weighted by Gasteiger charge is -2.11. The van der Waals surface area contributed by atoms with E-state index in [2.05, 4.69) is 5.32 Å². The van der Waals surface area contributed by atoms with E-state index in [1.807, 2.05) is 54.6 Å². The zero-order valence-electron chi connectivity index (χ0n) is 14.8. The van der Waals surface area contributed by atoms with E-state index in [4.69, 9.17) is 9.47 Å². The van der Waals surface area contributed by atoms with Crippen molar-refractivity contribution in [2.24, 2.45) is 0 Å². The first-order valence-electron chi connectivity index (χ1n) is 8.41. The molecule has 0 heterocycles. The molecule has 3 aromatic rings. The van der Waals surface area contributed by atoms with Crippen LogP contribution in [0, 0.1) is 0 Å². The van der Waals surface area contributed by atoms with Gasteiger partial charge < -0.3 is 14.8 Å². The van der Waals surface area contributed by atoms with Gasteiger partial charge in [-0.25, -0.2) is 0 Å². The molecule has 0 aliphatic rings. The predicted octanol–water partition coefficient (Wildman–Crippen LogP) is 4.19. The van der Waals surface area contributed by atoms with Gasteiger partial charge in [0, 0.05) is 11.3 Å². The van der Waals surface area contributed by atoms with Gasteiger partial charge in [0.25, 0.3) is 5.91 Å². The van der Waals surface area contributed by atoms with Crippen LogP contribution in [-0.2, 0) is 4.79 Å². The van der Waals surface area contributed by atoms with Gasteiger partial charge in [0.2, 0.25) is 0 Å². The van der Waals surface area contributed by atoms with Crippen LogP contribution in [0.2, 0.25) is 0 Å². The van der Waals surface area contributed by atoms with Crippen molar-refractivity contribution in [1.29, 1.82) is 0 Å². The van der Waals surface area contributed by atoms with Crippen LogP contribution in [0.5, 0.6) is 11.5 Å². The maximum absolute atomic E-state index is 12.1. The number of benzene rings is 3. The van der Waals surface area contributed by atoms with E-state index in [-0.39, 0.29) is 12.5 Å². The number of carbonyl (C=O) groups is 2. The summed E-state index contributed by atoms with van der Waals surface area (Å²) in [6.07, 6.45) is 0.720. The largest absolute Gasteiger partial charge is 0.493 e. The Kier molecular flexibility index (Phi) is 5.84. The third-order valence-corrected chi connectivity index (χ3v) is 3.96. The van der Waals surface area contributed by atoms with E-state index in [9.17, 15) is 9.59 Å². The molecule has 1 amide bonds. The van der Waals surface area contributed by atoms with Gasteiger partial charge in [-0.15, -0.1) is 0 Å². The summed E-state index contributed by atoms with van der Waals surface area (Å²) >= 11 is 0. The molecular formula is C22H19NO4. The topological polar surface area (TPSA) is 64.6 Å². The first-order chi connectivity index (χ1) is 13.2. The van der Waals surface area contributed by atoms with E-state index in [0.717, 1.165) is 17.4 Å². The molecule has 0 unspecified atom stereocenters. The molecule has 0 atom stereocenters. The van der Waals surface area contributed by atoms with Gasteiger partial charge in [-0.2, -0.15) is 0 Å². The van der Waals surface area contributed by atoms with E-state index in [1.165, 1.54) is 7.11 Å². The second kappa shape index (κ2) is 8.67. The Morgan fingerprint density at radius 1 is 0.926 bits per heavy atom. The second-order valence-corrected chi connectivity index (χ2v) is 5.81. The van der Waals surface area contributed by atoms with Crippen LogP contribution in [0.15, 0.2) is 72.8 Å². The number of anilines is 1. The van der Waals surface area contributed by atoms with E-state index < -0.39 is 0 Å². The number of hydrogen-bond acceptors (Lipinski definition) is 4. The molecule has 3 rings (SSSR count). The highest BCUT2D eigenvalue weighted by molar-refractivity contribution is 5.92. The fourth-order valence-corrected chi connectivity index (χ4v) is 2.59. The molecule has 0 aliphatic heterocycles. The van der Waals surface area contributed by atoms with Gasteiger partial charge in [-0.1, -0.05) is 42.5 Å². The van der Waals surface area contributed by atoms with Gasteiger partial charge >= 0.3 is 0 Å². The summed E-state index contributed by atoms with van der Waals surface area (Å²) in [5, 5.41) is 2.79. The number of rotatable bonds is 7. The van der Waals surface area contributed by atoms with Crippen LogP contribution in [0.3, 0.4) is 0 Å². The minimum absolute atomic E-state index is 0.169. The lowest BCUT2D eigenvalue weighted by atomic mass is 10.1. The fraction of sp³-hybridized carbons (Fsp3) is 0.0909.